The van der Waals surface area contributed by atoms with Gasteiger partial charge in [-0.1, -0.05) is 6.92 Å². The summed E-state index contributed by atoms with van der Waals surface area (Å²) in [4.78, 5) is 5.83. The lowest BCUT2D eigenvalue weighted by molar-refractivity contribution is -0.183. The molecule has 1 aliphatic rings. The molecule has 0 saturated carbocycles. The molecule has 1 saturated heterocycles. The molecule has 6 heteroatoms. The molecule has 0 aliphatic carbocycles. The lowest BCUT2D eigenvalue weighted by atomic mass is 9.96. The second-order valence-electron chi connectivity index (χ2n) is 4.04. The maximum Gasteiger partial charge on any atom is 0.391 e. The molecule has 0 radical (unpaired) electrons. The third kappa shape index (κ3) is 3.57. The minimum Gasteiger partial charge on any atom is -0.370 e. The van der Waals surface area contributed by atoms with Gasteiger partial charge in [-0.25, -0.2) is 0 Å². The number of rotatable bonds is 2. The largest absolute Gasteiger partial charge is 0.391 e. The minimum atomic E-state index is -4.07. The van der Waals surface area contributed by atoms with E-state index in [1.165, 1.54) is 0 Å². The lowest BCUT2D eigenvalue weighted by Gasteiger charge is -2.33. The SMILES string of the molecule is CCCN=C(N)N1CCC(C(F)(F)F)CC1. The Balaban J connectivity index is 2.43. The summed E-state index contributed by atoms with van der Waals surface area (Å²) in [6, 6.07) is 0. The molecule has 0 unspecified atom stereocenters. The summed E-state index contributed by atoms with van der Waals surface area (Å²) < 4.78 is 37.2. The van der Waals surface area contributed by atoms with Crippen molar-refractivity contribution in [2.45, 2.75) is 32.4 Å². The van der Waals surface area contributed by atoms with E-state index < -0.39 is 12.1 Å². The zero-order chi connectivity index (χ0) is 12.2. The first-order valence-electron chi connectivity index (χ1n) is 5.56. The number of guanidine groups is 1. The standard InChI is InChI=1S/C10H18F3N3/c1-2-5-15-9(14)16-6-3-8(4-7-16)10(11,12)13/h8H,2-7H2,1H3,(H2,14,15). The van der Waals surface area contributed by atoms with Crippen LogP contribution >= 0.6 is 0 Å². The number of hydrogen-bond acceptors (Lipinski definition) is 1. The molecule has 0 aromatic rings. The Bertz CT molecular complexity index is 242. The Labute approximate surface area is 93.5 Å². The van der Waals surface area contributed by atoms with Crippen molar-refractivity contribution in [2.24, 2.45) is 16.6 Å². The first-order valence-corrected chi connectivity index (χ1v) is 5.56. The maximum absolute atomic E-state index is 12.4. The average Bonchev–Trinajstić information content (AvgIpc) is 2.25. The van der Waals surface area contributed by atoms with Crippen LogP contribution in [-0.4, -0.2) is 36.7 Å². The van der Waals surface area contributed by atoms with E-state index in [9.17, 15) is 13.2 Å². The summed E-state index contributed by atoms with van der Waals surface area (Å²) >= 11 is 0. The highest BCUT2D eigenvalue weighted by Crippen LogP contribution is 2.33. The lowest BCUT2D eigenvalue weighted by Crippen LogP contribution is -2.45. The average molecular weight is 237 g/mol. The normalized spacial score (nSPS) is 20.2. The van der Waals surface area contributed by atoms with Crippen molar-refractivity contribution in [1.29, 1.82) is 0 Å². The van der Waals surface area contributed by atoms with Crippen molar-refractivity contribution >= 4 is 5.96 Å². The van der Waals surface area contributed by atoms with Gasteiger partial charge in [0.05, 0.1) is 5.92 Å². The van der Waals surface area contributed by atoms with E-state index in [-0.39, 0.29) is 12.8 Å². The second-order valence-corrected chi connectivity index (χ2v) is 4.04. The van der Waals surface area contributed by atoms with Crippen LogP contribution < -0.4 is 5.73 Å². The van der Waals surface area contributed by atoms with Crippen molar-refractivity contribution in [3.8, 4) is 0 Å². The molecular formula is C10H18F3N3. The van der Waals surface area contributed by atoms with Crippen molar-refractivity contribution in [1.82, 2.24) is 4.90 Å². The minimum absolute atomic E-state index is 0.117. The van der Waals surface area contributed by atoms with Crippen LogP contribution in [0.3, 0.4) is 0 Å². The van der Waals surface area contributed by atoms with Gasteiger partial charge in [0.1, 0.15) is 0 Å². The molecule has 1 fully saturated rings. The zero-order valence-electron chi connectivity index (χ0n) is 9.43. The fraction of sp³-hybridized carbons (Fsp3) is 0.900. The molecule has 94 valence electrons. The van der Waals surface area contributed by atoms with Crippen LogP contribution in [0.25, 0.3) is 0 Å². The van der Waals surface area contributed by atoms with Crippen LogP contribution in [0.5, 0.6) is 0 Å². The van der Waals surface area contributed by atoms with Crippen LogP contribution in [0.15, 0.2) is 4.99 Å². The Morgan fingerprint density at radius 3 is 2.38 bits per heavy atom. The highest BCUT2D eigenvalue weighted by molar-refractivity contribution is 5.78. The number of hydrogen-bond donors (Lipinski definition) is 1. The van der Waals surface area contributed by atoms with Gasteiger partial charge in [-0.3, -0.25) is 4.99 Å². The van der Waals surface area contributed by atoms with Gasteiger partial charge in [0.2, 0.25) is 0 Å². The molecule has 0 atom stereocenters. The van der Waals surface area contributed by atoms with E-state index >= 15 is 0 Å². The van der Waals surface area contributed by atoms with Gasteiger partial charge in [0, 0.05) is 19.6 Å². The van der Waals surface area contributed by atoms with Gasteiger partial charge in [0.15, 0.2) is 5.96 Å². The number of alkyl halides is 3. The van der Waals surface area contributed by atoms with E-state index in [1.54, 1.807) is 4.90 Å². The quantitative estimate of drug-likeness (QED) is 0.589. The molecule has 1 rings (SSSR count). The van der Waals surface area contributed by atoms with Gasteiger partial charge in [0.25, 0.3) is 0 Å². The van der Waals surface area contributed by atoms with Crippen molar-refractivity contribution in [3.63, 3.8) is 0 Å². The summed E-state index contributed by atoms with van der Waals surface area (Å²) in [6.45, 7) is 3.31. The summed E-state index contributed by atoms with van der Waals surface area (Å²) in [5, 5.41) is 0. The Morgan fingerprint density at radius 1 is 1.38 bits per heavy atom. The first-order chi connectivity index (χ1) is 7.45. The molecule has 2 N–H and O–H groups in total. The monoisotopic (exact) mass is 237 g/mol. The summed E-state index contributed by atoms with van der Waals surface area (Å²) in [5.41, 5.74) is 5.68. The van der Waals surface area contributed by atoms with Crippen LogP contribution in [0.4, 0.5) is 13.2 Å². The Kier molecular flexibility index (Phi) is 4.44. The molecule has 0 aromatic carbocycles. The highest BCUT2D eigenvalue weighted by Gasteiger charge is 2.41. The first kappa shape index (κ1) is 13.1. The highest BCUT2D eigenvalue weighted by atomic mass is 19.4. The molecule has 0 spiro atoms. The second kappa shape index (κ2) is 5.41. The molecular weight excluding hydrogens is 219 g/mol. The number of piperidine rings is 1. The zero-order valence-corrected chi connectivity index (χ0v) is 9.43. The molecule has 3 nitrogen and oxygen atoms in total. The molecule has 0 amide bonds. The van der Waals surface area contributed by atoms with Crippen molar-refractivity contribution in [2.75, 3.05) is 19.6 Å². The van der Waals surface area contributed by atoms with Crippen LogP contribution in [0.2, 0.25) is 0 Å². The van der Waals surface area contributed by atoms with Gasteiger partial charge >= 0.3 is 6.18 Å². The number of aliphatic imine (C=N–C) groups is 1. The fourth-order valence-electron chi connectivity index (χ4n) is 1.76. The van der Waals surface area contributed by atoms with Gasteiger partial charge < -0.3 is 10.6 Å². The number of nitrogens with zero attached hydrogens (tertiary/aromatic N) is 2. The van der Waals surface area contributed by atoms with Crippen molar-refractivity contribution in [3.05, 3.63) is 0 Å². The summed E-state index contributed by atoms with van der Waals surface area (Å²) in [6.07, 6.45) is -2.95. The van der Waals surface area contributed by atoms with Crippen molar-refractivity contribution < 1.29 is 13.2 Å². The van der Waals surface area contributed by atoms with E-state index in [1.807, 2.05) is 6.92 Å². The fourth-order valence-corrected chi connectivity index (χ4v) is 1.76. The maximum atomic E-state index is 12.4. The molecule has 16 heavy (non-hydrogen) atoms. The topological polar surface area (TPSA) is 41.6 Å². The number of likely N-dealkylation sites (tertiary alicyclic amines) is 1. The molecule has 0 aromatic heterocycles. The van der Waals surface area contributed by atoms with E-state index in [0.29, 0.717) is 25.6 Å². The van der Waals surface area contributed by atoms with E-state index in [2.05, 4.69) is 4.99 Å². The summed E-state index contributed by atoms with van der Waals surface area (Å²) in [5.74, 6) is -0.801. The number of nitrogens with two attached hydrogens (primary N) is 1. The van der Waals surface area contributed by atoms with E-state index in [0.717, 1.165) is 6.42 Å². The smallest absolute Gasteiger partial charge is 0.370 e. The van der Waals surface area contributed by atoms with Gasteiger partial charge in [-0.15, -0.1) is 0 Å². The van der Waals surface area contributed by atoms with Crippen LogP contribution in [0.1, 0.15) is 26.2 Å². The predicted molar refractivity (Wildman–Crippen MR) is 57.1 cm³/mol. The van der Waals surface area contributed by atoms with E-state index in [4.69, 9.17) is 5.73 Å². The molecule has 1 heterocycles. The Hall–Kier alpha value is -0.940. The summed E-state index contributed by atoms with van der Waals surface area (Å²) in [7, 11) is 0. The Morgan fingerprint density at radius 2 is 1.94 bits per heavy atom. The third-order valence-corrected chi connectivity index (χ3v) is 2.78. The third-order valence-electron chi connectivity index (χ3n) is 2.78. The predicted octanol–water partition coefficient (Wildman–Crippen LogP) is 1.99. The van der Waals surface area contributed by atoms with Crippen LogP contribution in [0, 0.1) is 5.92 Å². The number of halogens is 3. The van der Waals surface area contributed by atoms with Gasteiger partial charge in [-0.05, 0) is 19.3 Å². The van der Waals surface area contributed by atoms with Gasteiger partial charge in [-0.2, -0.15) is 13.2 Å². The molecule has 0 bridgehead atoms. The molecule has 1 aliphatic heterocycles. The van der Waals surface area contributed by atoms with Crippen LogP contribution in [-0.2, 0) is 0 Å².